The van der Waals surface area contributed by atoms with E-state index in [2.05, 4.69) is 47.4 Å². The summed E-state index contributed by atoms with van der Waals surface area (Å²) in [6.07, 6.45) is 4.16. The lowest BCUT2D eigenvalue weighted by molar-refractivity contribution is -0.132. The maximum atomic E-state index is 13.1. The summed E-state index contributed by atoms with van der Waals surface area (Å²) in [7, 11) is 3.35. The van der Waals surface area contributed by atoms with Crippen LogP contribution in [0.15, 0.2) is 60.9 Å². The molecule has 0 aliphatic carbocycles. The van der Waals surface area contributed by atoms with E-state index in [9.17, 15) is 14.4 Å². The molecule has 0 radical (unpaired) electrons. The second-order valence-electron chi connectivity index (χ2n) is 11.2. The van der Waals surface area contributed by atoms with Crippen LogP contribution >= 0.6 is 0 Å². The molecule has 4 aromatic rings. The van der Waals surface area contributed by atoms with Crippen LogP contribution in [-0.4, -0.2) is 112 Å². The molecule has 2 aromatic carbocycles. The standard InChI is InChI=1S/C31H35N9O3/c1-37(2)31(43)28-25-18-23(6-9-26(25)35-36-28)34-30(42)22-10-13-38(19-22)20-27(41)40-16-14-39(15-17-40)24-7-4-21(5-8-24)29-32-11-3-12-33-29/h3-9,11-12,18,22H,10,13-17,19-20H2,1-2H3,(H,34,42)(H,35,36)/t22-/m1/s1. The maximum Gasteiger partial charge on any atom is 0.274 e. The van der Waals surface area contributed by atoms with E-state index >= 15 is 0 Å². The van der Waals surface area contributed by atoms with Crippen molar-refractivity contribution in [3.8, 4) is 11.4 Å². The van der Waals surface area contributed by atoms with Crippen LogP contribution in [-0.2, 0) is 9.59 Å². The first kappa shape index (κ1) is 28.3. The number of anilines is 2. The van der Waals surface area contributed by atoms with Gasteiger partial charge in [-0.25, -0.2) is 9.97 Å². The van der Waals surface area contributed by atoms with Crippen molar-refractivity contribution in [3.05, 3.63) is 66.6 Å². The summed E-state index contributed by atoms with van der Waals surface area (Å²) in [4.78, 5) is 55.0. The van der Waals surface area contributed by atoms with Gasteiger partial charge in [0, 0.05) is 81.5 Å². The number of piperazine rings is 1. The molecule has 0 unspecified atom stereocenters. The topological polar surface area (TPSA) is 131 Å². The molecule has 2 saturated heterocycles. The van der Waals surface area contributed by atoms with Crippen LogP contribution < -0.4 is 10.2 Å². The van der Waals surface area contributed by atoms with Crippen molar-refractivity contribution in [2.75, 3.05) is 70.1 Å². The Balaban J connectivity index is 0.979. The highest BCUT2D eigenvalue weighted by Crippen LogP contribution is 2.25. The number of nitrogens with one attached hydrogen (secondary N) is 2. The third-order valence-corrected chi connectivity index (χ3v) is 8.13. The molecule has 2 fully saturated rings. The zero-order chi connectivity index (χ0) is 29.9. The number of H-pyrrole nitrogens is 1. The third-order valence-electron chi connectivity index (χ3n) is 8.13. The summed E-state index contributed by atoms with van der Waals surface area (Å²) in [5.74, 6) is 0.295. The minimum Gasteiger partial charge on any atom is -0.368 e. The number of hydrogen-bond acceptors (Lipinski definition) is 8. The first-order valence-corrected chi connectivity index (χ1v) is 14.5. The van der Waals surface area contributed by atoms with E-state index < -0.39 is 0 Å². The number of hydrogen-bond donors (Lipinski definition) is 2. The number of fused-ring (bicyclic) bond motifs is 1. The van der Waals surface area contributed by atoms with Crippen molar-refractivity contribution < 1.29 is 14.4 Å². The first-order chi connectivity index (χ1) is 20.9. The molecule has 2 aromatic heterocycles. The lowest BCUT2D eigenvalue weighted by Crippen LogP contribution is -2.51. The molecule has 0 bridgehead atoms. The highest BCUT2D eigenvalue weighted by molar-refractivity contribution is 6.06. The third kappa shape index (κ3) is 6.19. The van der Waals surface area contributed by atoms with Crippen molar-refractivity contribution in [3.63, 3.8) is 0 Å². The molecule has 4 heterocycles. The first-order valence-electron chi connectivity index (χ1n) is 14.5. The predicted molar refractivity (Wildman–Crippen MR) is 164 cm³/mol. The number of benzene rings is 2. The van der Waals surface area contributed by atoms with Gasteiger partial charge in [0.05, 0.1) is 18.0 Å². The largest absolute Gasteiger partial charge is 0.368 e. The summed E-state index contributed by atoms with van der Waals surface area (Å²) in [5.41, 5.74) is 3.75. The van der Waals surface area contributed by atoms with Crippen molar-refractivity contribution >= 4 is 40.0 Å². The van der Waals surface area contributed by atoms with Crippen LogP contribution in [0, 0.1) is 5.92 Å². The van der Waals surface area contributed by atoms with Crippen LogP contribution in [0.1, 0.15) is 16.9 Å². The minimum absolute atomic E-state index is 0.0864. The summed E-state index contributed by atoms with van der Waals surface area (Å²) >= 11 is 0. The molecule has 6 rings (SSSR count). The summed E-state index contributed by atoms with van der Waals surface area (Å²) < 4.78 is 0. The van der Waals surface area contributed by atoms with Crippen LogP contribution in [0.4, 0.5) is 11.4 Å². The lowest BCUT2D eigenvalue weighted by atomic mass is 10.1. The van der Waals surface area contributed by atoms with E-state index in [1.165, 1.54) is 4.90 Å². The summed E-state index contributed by atoms with van der Waals surface area (Å²) in [5, 5.41) is 10.7. The number of nitrogens with zero attached hydrogens (tertiary/aromatic N) is 7. The van der Waals surface area contributed by atoms with E-state index in [1.807, 2.05) is 17.0 Å². The summed E-state index contributed by atoms with van der Waals surface area (Å²) in [6, 6.07) is 15.4. The predicted octanol–water partition coefficient (Wildman–Crippen LogP) is 2.33. The number of likely N-dealkylation sites (tertiary alicyclic amines) is 1. The van der Waals surface area contributed by atoms with Gasteiger partial charge >= 0.3 is 0 Å². The summed E-state index contributed by atoms with van der Waals surface area (Å²) in [6.45, 7) is 4.40. The highest BCUT2D eigenvalue weighted by Gasteiger charge is 2.31. The molecule has 43 heavy (non-hydrogen) atoms. The molecular weight excluding hydrogens is 546 g/mol. The van der Waals surface area contributed by atoms with Gasteiger partial charge in [0.25, 0.3) is 5.91 Å². The molecular formula is C31H35N9O3. The lowest BCUT2D eigenvalue weighted by Gasteiger charge is -2.36. The van der Waals surface area contributed by atoms with Crippen LogP contribution in [0.25, 0.3) is 22.3 Å². The van der Waals surface area contributed by atoms with Gasteiger partial charge in [0.1, 0.15) is 0 Å². The Hall–Kier alpha value is -4.84. The molecule has 2 N–H and O–H groups in total. The zero-order valence-corrected chi connectivity index (χ0v) is 24.4. The van der Waals surface area contributed by atoms with Crippen LogP contribution in [0.3, 0.4) is 0 Å². The van der Waals surface area contributed by atoms with Gasteiger partial charge < -0.3 is 20.0 Å². The Morgan fingerprint density at radius 1 is 0.977 bits per heavy atom. The van der Waals surface area contributed by atoms with E-state index in [0.29, 0.717) is 61.7 Å². The number of aromatic nitrogens is 4. The zero-order valence-electron chi connectivity index (χ0n) is 24.4. The van der Waals surface area contributed by atoms with Gasteiger partial charge in [-0.1, -0.05) is 0 Å². The van der Waals surface area contributed by atoms with E-state index in [4.69, 9.17) is 0 Å². The van der Waals surface area contributed by atoms with Crippen molar-refractivity contribution in [1.82, 2.24) is 34.9 Å². The van der Waals surface area contributed by atoms with Gasteiger partial charge in [-0.3, -0.25) is 24.4 Å². The fourth-order valence-electron chi connectivity index (χ4n) is 5.68. The highest BCUT2D eigenvalue weighted by atomic mass is 16.2. The minimum atomic E-state index is -0.211. The molecule has 222 valence electrons. The Morgan fingerprint density at radius 3 is 2.44 bits per heavy atom. The number of rotatable bonds is 7. The Kier molecular flexibility index (Phi) is 8.01. The van der Waals surface area contributed by atoms with Gasteiger partial charge in [-0.15, -0.1) is 0 Å². The van der Waals surface area contributed by atoms with E-state index in [1.54, 1.807) is 50.8 Å². The van der Waals surface area contributed by atoms with Crippen molar-refractivity contribution in [2.24, 2.45) is 5.92 Å². The monoisotopic (exact) mass is 581 g/mol. The fraction of sp³-hybridized carbons (Fsp3) is 0.355. The van der Waals surface area contributed by atoms with Crippen LogP contribution in [0.5, 0.6) is 0 Å². The van der Waals surface area contributed by atoms with Gasteiger partial charge in [0.2, 0.25) is 11.8 Å². The fourth-order valence-corrected chi connectivity index (χ4v) is 5.68. The second-order valence-corrected chi connectivity index (χ2v) is 11.2. The molecule has 0 spiro atoms. The van der Waals surface area contributed by atoms with E-state index in [0.717, 1.165) is 29.9 Å². The molecule has 12 nitrogen and oxygen atoms in total. The van der Waals surface area contributed by atoms with Crippen molar-refractivity contribution in [1.29, 1.82) is 0 Å². The normalized spacial score (nSPS) is 17.3. The SMILES string of the molecule is CN(C)C(=O)c1n[nH]c2ccc(NC(=O)[C@@H]3CCN(CC(=O)N4CCN(c5ccc(-c6ncccn6)cc5)CC4)C3)cc12. The Bertz CT molecular complexity index is 1610. The van der Waals surface area contributed by atoms with E-state index in [-0.39, 0.29) is 23.6 Å². The average molecular weight is 582 g/mol. The molecule has 2 aliphatic heterocycles. The quantitative estimate of drug-likeness (QED) is 0.340. The van der Waals surface area contributed by atoms with Gasteiger partial charge in [-0.2, -0.15) is 5.10 Å². The van der Waals surface area contributed by atoms with Crippen LogP contribution in [0.2, 0.25) is 0 Å². The molecule has 0 saturated carbocycles. The molecule has 3 amide bonds. The maximum absolute atomic E-state index is 13.1. The smallest absolute Gasteiger partial charge is 0.274 e. The Morgan fingerprint density at radius 2 is 1.72 bits per heavy atom. The number of carbonyl (C=O) groups is 3. The number of carbonyl (C=O) groups excluding carboxylic acids is 3. The number of amides is 3. The van der Waals surface area contributed by atoms with Gasteiger partial charge in [0.15, 0.2) is 11.5 Å². The molecule has 2 aliphatic rings. The Labute approximate surface area is 249 Å². The van der Waals surface area contributed by atoms with Crippen molar-refractivity contribution in [2.45, 2.75) is 6.42 Å². The molecule has 12 heteroatoms. The van der Waals surface area contributed by atoms with Gasteiger partial charge in [-0.05, 0) is 61.5 Å². The number of aromatic amines is 1. The second kappa shape index (κ2) is 12.2. The molecule has 1 atom stereocenters. The average Bonchev–Trinajstić information content (AvgIpc) is 3.68.